The average Bonchev–Trinajstić information content (AvgIpc) is 3.13. The Labute approximate surface area is 118 Å². The van der Waals surface area contributed by atoms with Crippen LogP contribution in [0.5, 0.6) is 0 Å². The molecule has 0 N–H and O–H groups in total. The molecule has 2 heterocycles. The summed E-state index contributed by atoms with van der Waals surface area (Å²) >= 11 is 0. The first-order chi connectivity index (χ1) is 9.42. The van der Waals surface area contributed by atoms with Gasteiger partial charge in [-0.3, -0.25) is 4.79 Å². The molecule has 1 spiro atoms. The van der Waals surface area contributed by atoms with Crippen molar-refractivity contribution < 1.29 is 17.9 Å². The lowest BCUT2D eigenvalue weighted by atomic mass is 9.75. The van der Waals surface area contributed by atoms with Crippen LogP contribution in [-0.4, -0.2) is 31.2 Å². The Hall–Kier alpha value is -1.20. The van der Waals surface area contributed by atoms with Crippen molar-refractivity contribution in [3.63, 3.8) is 0 Å². The summed E-state index contributed by atoms with van der Waals surface area (Å²) in [6, 6.07) is 8.48. The maximum absolute atomic E-state index is 12.9. The Morgan fingerprint density at radius 3 is 2.40 bits per heavy atom. The summed E-state index contributed by atoms with van der Waals surface area (Å²) in [5.74, 6) is 0.125. The van der Waals surface area contributed by atoms with Crippen LogP contribution in [0.2, 0.25) is 0 Å². The van der Waals surface area contributed by atoms with E-state index in [0.717, 1.165) is 12.8 Å². The number of Topliss-reactive ketones (excluding diaryl/α,β-unsaturated/α-hetero) is 1. The molecule has 1 saturated carbocycles. The van der Waals surface area contributed by atoms with Gasteiger partial charge in [-0.1, -0.05) is 18.2 Å². The Kier molecular flexibility index (Phi) is 2.20. The average molecular weight is 292 g/mol. The number of rotatable bonds is 2. The lowest BCUT2D eigenvalue weighted by Gasteiger charge is -2.34. The quantitative estimate of drug-likeness (QED) is 0.833. The van der Waals surface area contributed by atoms with Crippen LogP contribution in [-0.2, 0) is 19.4 Å². The minimum absolute atomic E-state index is 0.125. The lowest BCUT2D eigenvalue weighted by molar-refractivity contribution is -0.125. The van der Waals surface area contributed by atoms with E-state index < -0.39 is 32.2 Å². The van der Waals surface area contributed by atoms with Gasteiger partial charge in [0.1, 0.15) is 6.10 Å². The zero-order chi connectivity index (χ0) is 14.2. The van der Waals surface area contributed by atoms with Crippen LogP contribution in [0.4, 0.5) is 0 Å². The van der Waals surface area contributed by atoms with E-state index in [2.05, 4.69) is 0 Å². The first kappa shape index (κ1) is 12.5. The molecule has 3 aliphatic rings. The van der Waals surface area contributed by atoms with Crippen molar-refractivity contribution >= 4 is 15.6 Å². The molecule has 5 heteroatoms. The van der Waals surface area contributed by atoms with Gasteiger partial charge in [0.15, 0.2) is 15.6 Å². The molecule has 0 radical (unpaired) electrons. The summed E-state index contributed by atoms with van der Waals surface area (Å²) in [6.07, 6.45) is 1.30. The van der Waals surface area contributed by atoms with E-state index in [1.54, 1.807) is 30.3 Å². The summed E-state index contributed by atoms with van der Waals surface area (Å²) in [6.45, 7) is 1.82. The van der Waals surface area contributed by atoms with Crippen molar-refractivity contribution in [3.05, 3.63) is 30.3 Å². The standard InChI is InChI=1S/C15H16O4S/c1-14-12(20(17,18)10-5-3-2-4-6-10)9-11(19-14)13(16)15(14)7-8-15/h2-6,11-12H,7-9H2,1H3/t11-,12+,14+/m1/s1. The predicted molar refractivity (Wildman–Crippen MR) is 72.0 cm³/mol. The molecular weight excluding hydrogens is 276 g/mol. The number of carbonyl (C=O) groups excluding carboxylic acids is 1. The molecular formula is C15H16O4S. The number of fused-ring (bicyclic) bond motifs is 3. The highest BCUT2D eigenvalue weighted by atomic mass is 32.2. The van der Waals surface area contributed by atoms with Gasteiger partial charge in [-0.15, -0.1) is 0 Å². The monoisotopic (exact) mass is 292 g/mol. The number of sulfone groups is 1. The molecule has 0 aromatic heterocycles. The first-order valence-electron chi connectivity index (χ1n) is 6.93. The largest absolute Gasteiger partial charge is 0.362 e. The topological polar surface area (TPSA) is 60.4 Å². The van der Waals surface area contributed by atoms with E-state index in [9.17, 15) is 13.2 Å². The highest BCUT2D eigenvalue weighted by molar-refractivity contribution is 7.92. The second-order valence-corrected chi connectivity index (χ2v) is 8.37. The fourth-order valence-corrected chi connectivity index (χ4v) is 6.20. The van der Waals surface area contributed by atoms with Gasteiger partial charge in [-0.05, 0) is 31.9 Å². The predicted octanol–water partition coefficient (Wildman–Crippen LogP) is 1.74. The summed E-state index contributed by atoms with van der Waals surface area (Å²) < 4.78 is 31.6. The zero-order valence-corrected chi connectivity index (χ0v) is 12.0. The zero-order valence-electron chi connectivity index (χ0n) is 11.2. The molecule has 1 aromatic carbocycles. The van der Waals surface area contributed by atoms with Crippen LogP contribution in [0.1, 0.15) is 26.2 Å². The van der Waals surface area contributed by atoms with Gasteiger partial charge in [0.25, 0.3) is 0 Å². The lowest BCUT2D eigenvalue weighted by Crippen LogP contribution is -2.51. The molecule has 106 valence electrons. The summed E-state index contributed by atoms with van der Waals surface area (Å²) in [7, 11) is -3.46. The summed E-state index contributed by atoms with van der Waals surface area (Å²) in [4.78, 5) is 12.6. The smallest absolute Gasteiger partial charge is 0.184 e. The van der Waals surface area contributed by atoms with Gasteiger partial charge >= 0.3 is 0 Å². The molecule has 4 nitrogen and oxygen atoms in total. The van der Waals surface area contributed by atoms with Crippen LogP contribution in [0.3, 0.4) is 0 Å². The van der Waals surface area contributed by atoms with E-state index in [-0.39, 0.29) is 5.78 Å². The van der Waals surface area contributed by atoms with E-state index in [1.807, 2.05) is 6.92 Å². The van der Waals surface area contributed by atoms with E-state index >= 15 is 0 Å². The van der Waals surface area contributed by atoms with Crippen molar-refractivity contribution in [1.29, 1.82) is 0 Å². The van der Waals surface area contributed by atoms with Crippen molar-refractivity contribution in [2.45, 2.75) is 48.0 Å². The van der Waals surface area contributed by atoms with Crippen molar-refractivity contribution in [3.8, 4) is 0 Å². The minimum Gasteiger partial charge on any atom is -0.362 e. The van der Waals surface area contributed by atoms with Crippen molar-refractivity contribution in [1.82, 2.24) is 0 Å². The van der Waals surface area contributed by atoms with Crippen LogP contribution < -0.4 is 0 Å². The molecule has 0 amide bonds. The van der Waals surface area contributed by atoms with Gasteiger partial charge in [0, 0.05) is 6.42 Å². The third kappa shape index (κ3) is 1.26. The van der Waals surface area contributed by atoms with Gasteiger partial charge in [-0.25, -0.2) is 8.42 Å². The van der Waals surface area contributed by atoms with E-state index in [0.29, 0.717) is 11.3 Å². The van der Waals surface area contributed by atoms with Gasteiger partial charge in [-0.2, -0.15) is 0 Å². The normalized spacial score (nSPS) is 37.5. The molecule has 2 bridgehead atoms. The van der Waals surface area contributed by atoms with Gasteiger partial charge in [0.05, 0.1) is 21.2 Å². The maximum atomic E-state index is 12.9. The number of hydrogen-bond acceptors (Lipinski definition) is 4. The molecule has 20 heavy (non-hydrogen) atoms. The number of ether oxygens (including phenoxy) is 1. The fraction of sp³-hybridized carbons (Fsp3) is 0.533. The Morgan fingerprint density at radius 2 is 1.85 bits per heavy atom. The third-order valence-electron chi connectivity index (χ3n) is 5.34. The van der Waals surface area contributed by atoms with Crippen LogP contribution in [0.15, 0.2) is 35.2 Å². The van der Waals surface area contributed by atoms with Crippen LogP contribution in [0.25, 0.3) is 0 Å². The number of carbonyl (C=O) groups is 1. The van der Waals surface area contributed by atoms with Crippen LogP contribution in [0, 0.1) is 5.41 Å². The van der Waals surface area contributed by atoms with E-state index in [1.165, 1.54) is 0 Å². The molecule has 1 aliphatic carbocycles. The maximum Gasteiger partial charge on any atom is 0.184 e. The Morgan fingerprint density at radius 1 is 1.20 bits per heavy atom. The highest BCUT2D eigenvalue weighted by Gasteiger charge is 2.77. The molecule has 0 unspecified atom stereocenters. The number of ketones is 1. The Bertz CT molecular complexity index is 690. The number of hydrogen-bond donors (Lipinski definition) is 0. The second kappa shape index (κ2) is 3.52. The molecule has 1 aromatic rings. The Balaban J connectivity index is 1.81. The molecule has 3 fully saturated rings. The molecule has 3 atom stereocenters. The third-order valence-corrected chi connectivity index (χ3v) is 7.66. The first-order valence-corrected chi connectivity index (χ1v) is 8.48. The molecule has 2 aliphatic heterocycles. The highest BCUT2D eigenvalue weighted by Crippen LogP contribution is 2.67. The van der Waals surface area contributed by atoms with Gasteiger partial charge in [0.2, 0.25) is 0 Å². The molecule has 2 saturated heterocycles. The SMILES string of the molecule is C[C@]12O[C@H](C[C@@H]1S(=O)(=O)c1ccccc1)C(=O)C21CC1. The molecule has 4 rings (SSSR count). The summed E-state index contributed by atoms with van der Waals surface area (Å²) in [5.41, 5.74) is -1.37. The fourth-order valence-electron chi connectivity index (χ4n) is 4.04. The van der Waals surface area contributed by atoms with Crippen molar-refractivity contribution in [2.75, 3.05) is 0 Å². The second-order valence-electron chi connectivity index (χ2n) is 6.24. The van der Waals surface area contributed by atoms with E-state index in [4.69, 9.17) is 4.74 Å². The number of benzene rings is 1. The van der Waals surface area contributed by atoms with Gasteiger partial charge < -0.3 is 4.74 Å². The van der Waals surface area contributed by atoms with Crippen LogP contribution >= 0.6 is 0 Å². The van der Waals surface area contributed by atoms with Crippen molar-refractivity contribution in [2.24, 2.45) is 5.41 Å². The summed E-state index contributed by atoms with van der Waals surface area (Å²) in [5, 5.41) is -0.609. The minimum atomic E-state index is -3.46.